The Morgan fingerprint density at radius 3 is 2.52 bits per heavy atom. The summed E-state index contributed by atoms with van der Waals surface area (Å²) in [5, 5.41) is 3.54. The zero-order valence-electron chi connectivity index (χ0n) is 17.5. The number of nitrogens with two attached hydrogens (primary N) is 1. The van der Waals surface area contributed by atoms with Gasteiger partial charge in [-0.3, -0.25) is 9.69 Å². The minimum atomic E-state index is -0.298. The fraction of sp³-hybridized carbons (Fsp3) is 0.762. The molecule has 4 aliphatic rings. The van der Waals surface area contributed by atoms with Crippen LogP contribution >= 0.6 is 11.9 Å². The summed E-state index contributed by atoms with van der Waals surface area (Å²) in [5.41, 5.74) is 6.90. The van der Waals surface area contributed by atoms with E-state index in [0.29, 0.717) is 18.0 Å². The van der Waals surface area contributed by atoms with Gasteiger partial charge in [-0.1, -0.05) is 24.8 Å². The van der Waals surface area contributed by atoms with Crippen molar-refractivity contribution in [3.8, 4) is 0 Å². The van der Waals surface area contributed by atoms with Gasteiger partial charge in [0.25, 0.3) is 0 Å². The van der Waals surface area contributed by atoms with Gasteiger partial charge in [-0.05, 0) is 52.4 Å². The number of amides is 1. The van der Waals surface area contributed by atoms with Crippen LogP contribution in [0.5, 0.6) is 0 Å². The highest BCUT2D eigenvalue weighted by molar-refractivity contribution is 7.98. The molecule has 158 valence electrons. The van der Waals surface area contributed by atoms with Gasteiger partial charge in [0.2, 0.25) is 11.9 Å². The Balaban J connectivity index is 1.29. The standard InChI is InChI=1S/C21H32N6OS/c1-20(2,22)29-26-11-7-14(8-12-26)24-19-23-13-16-17(25-19)27(15-5-3-4-6-15)18(28)21(16)9-10-21/h13-15H,3-12,22H2,1-2H3,(H,23,24,25). The maximum atomic E-state index is 13.2. The Morgan fingerprint density at radius 1 is 1.21 bits per heavy atom. The molecule has 1 aromatic heterocycles. The third-order valence-corrected chi connectivity index (χ3v) is 7.83. The van der Waals surface area contributed by atoms with Crippen molar-refractivity contribution < 1.29 is 4.79 Å². The van der Waals surface area contributed by atoms with Crippen molar-refractivity contribution in [3.05, 3.63) is 11.8 Å². The van der Waals surface area contributed by atoms with Crippen LogP contribution < -0.4 is 16.0 Å². The van der Waals surface area contributed by atoms with Crippen molar-refractivity contribution in [3.63, 3.8) is 0 Å². The van der Waals surface area contributed by atoms with Crippen molar-refractivity contribution in [1.82, 2.24) is 14.3 Å². The first kappa shape index (κ1) is 19.6. The number of nitrogens with zero attached hydrogens (tertiary/aromatic N) is 4. The lowest BCUT2D eigenvalue weighted by Gasteiger charge is -2.35. The number of piperidine rings is 1. The molecule has 1 spiro atoms. The van der Waals surface area contributed by atoms with E-state index in [-0.39, 0.29) is 16.2 Å². The molecular weight excluding hydrogens is 384 g/mol. The Labute approximate surface area is 177 Å². The van der Waals surface area contributed by atoms with Crippen LogP contribution in [0.2, 0.25) is 0 Å². The molecule has 3 N–H and O–H groups in total. The van der Waals surface area contributed by atoms with E-state index in [1.807, 2.05) is 24.9 Å². The molecule has 2 saturated carbocycles. The third kappa shape index (κ3) is 3.64. The molecule has 0 radical (unpaired) electrons. The lowest BCUT2D eigenvalue weighted by atomic mass is 10.0. The number of aromatic nitrogens is 2. The maximum Gasteiger partial charge on any atom is 0.239 e. The van der Waals surface area contributed by atoms with Gasteiger partial charge < -0.3 is 11.1 Å². The predicted molar refractivity (Wildman–Crippen MR) is 117 cm³/mol. The number of rotatable bonds is 5. The van der Waals surface area contributed by atoms with E-state index in [0.717, 1.165) is 63.0 Å². The number of anilines is 2. The van der Waals surface area contributed by atoms with E-state index in [1.54, 1.807) is 11.9 Å². The highest BCUT2D eigenvalue weighted by Crippen LogP contribution is 2.57. The van der Waals surface area contributed by atoms with Crippen LogP contribution in [0.3, 0.4) is 0 Å². The second-order valence-electron chi connectivity index (χ2n) is 9.67. The van der Waals surface area contributed by atoms with Gasteiger partial charge in [-0.25, -0.2) is 9.29 Å². The molecule has 1 saturated heterocycles. The Hall–Kier alpha value is -1.38. The lowest BCUT2D eigenvalue weighted by molar-refractivity contribution is -0.120. The number of nitrogens with one attached hydrogen (secondary N) is 1. The molecule has 0 unspecified atom stereocenters. The fourth-order valence-corrected chi connectivity index (χ4v) is 6.18. The van der Waals surface area contributed by atoms with Crippen LogP contribution in [0.1, 0.15) is 70.8 Å². The van der Waals surface area contributed by atoms with E-state index in [4.69, 9.17) is 10.7 Å². The largest absolute Gasteiger partial charge is 0.351 e. The molecule has 0 atom stereocenters. The minimum absolute atomic E-state index is 0.238. The van der Waals surface area contributed by atoms with Crippen LogP contribution in [0.25, 0.3) is 0 Å². The number of fused-ring (bicyclic) bond motifs is 2. The number of carbonyl (C=O) groups is 1. The Morgan fingerprint density at radius 2 is 1.90 bits per heavy atom. The average molecular weight is 417 g/mol. The summed E-state index contributed by atoms with van der Waals surface area (Å²) in [6.45, 7) is 6.10. The molecule has 29 heavy (non-hydrogen) atoms. The van der Waals surface area contributed by atoms with Gasteiger partial charge in [0.05, 0.1) is 10.3 Å². The highest BCUT2D eigenvalue weighted by Gasteiger charge is 2.61. The predicted octanol–water partition coefficient (Wildman–Crippen LogP) is 3.02. The van der Waals surface area contributed by atoms with Crippen LogP contribution in [0, 0.1) is 0 Å². The second-order valence-corrected chi connectivity index (χ2v) is 11.4. The first-order chi connectivity index (χ1) is 13.9. The average Bonchev–Trinajstić information content (AvgIpc) is 3.23. The quantitative estimate of drug-likeness (QED) is 0.563. The minimum Gasteiger partial charge on any atom is -0.351 e. The summed E-state index contributed by atoms with van der Waals surface area (Å²) in [4.78, 5) is 24.5. The Bertz CT molecular complexity index is 791. The van der Waals surface area contributed by atoms with E-state index in [2.05, 4.69) is 14.6 Å². The van der Waals surface area contributed by atoms with Crippen LogP contribution in [-0.4, -0.2) is 50.2 Å². The zero-order valence-corrected chi connectivity index (χ0v) is 18.3. The molecule has 5 rings (SSSR count). The first-order valence-corrected chi connectivity index (χ1v) is 11.8. The number of hydrogen-bond acceptors (Lipinski definition) is 7. The van der Waals surface area contributed by atoms with Crippen molar-refractivity contribution >= 4 is 29.6 Å². The lowest BCUT2D eigenvalue weighted by Crippen LogP contribution is -2.41. The molecule has 3 fully saturated rings. The molecule has 7 nitrogen and oxygen atoms in total. The van der Waals surface area contributed by atoms with Gasteiger partial charge >= 0.3 is 0 Å². The zero-order chi connectivity index (χ0) is 20.2. The van der Waals surface area contributed by atoms with Crippen LogP contribution in [0.4, 0.5) is 11.8 Å². The SMILES string of the molecule is CC(C)(N)SN1CCC(Nc2ncc3c(n2)N(C2CCCC2)C(=O)C32CC2)CC1. The molecule has 8 heteroatoms. The van der Waals surface area contributed by atoms with Gasteiger partial charge in [0, 0.05) is 36.9 Å². The second kappa shape index (κ2) is 7.10. The summed E-state index contributed by atoms with van der Waals surface area (Å²) in [7, 11) is 0. The molecule has 2 aliphatic heterocycles. The van der Waals surface area contributed by atoms with E-state index in [1.165, 1.54) is 12.8 Å². The van der Waals surface area contributed by atoms with E-state index >= 15 is 0 Å². The number of hydrogen-bond donors (Lipinski definition) is 2. The molecular formula is C21H32N6OS. The fourth-order valence-electron chi connectivity index (χ4n) is 5.12. The summed E-state index contributed by atoms with van der Waals surface area (Å²) in [6, 6.07) is 0.682. The van der Waals surface area contributed by atoms with Gasteiger partial charge in [0.1, 0.15) is 5.82 Å². The van der Waals surface area contributed by atoms with Crippen molar-refractivity contribution in [2.75, 3.05) is 23.3 Å². The molecule has 3 heterocycles. The smallest absolute Gasteiger partial charge is 0.239 e. The topological polar surface area (TPSA) is 87.4 Å². The summed E-state index contributed by atoms with van der Waals surface area (Å²) in [5.74, 6) is 1.83. The molecule has 2 aliphatic carbocycles. The van der Waals surface area contributed by atoms with Gasteiger partial charge in [-0.15, -0.1) is 0 Å². The summed E-state index contributed by atoms with van der Waals surface area (Å²) < 4.78 is 2.36. The Kier molecular flexibility index (Phi) is 4.79. The van der Waals surface area contributed by atoms with E-state index < -0.39 is 0 Å². The highest BCUT2D eigenvalue weighted by atomic mass is 32.2. The van der Waals surface area contributed by atoms with Crippen LogP contribution in [-0.2, 0) is 10.2 Å². The number of carbonyl (C=O) groups excluding carboxylic acids is 1. The monoisotopic (exact) mass is 416 g/mol. The normalized spacial score (nSPS) is 25.1. The molecule has 0 bridgehead atoms. The summed E-state index contributed by atoms with van der Waals surface area (Å²) >= 11 is 1.73. The van der Waals surface area contributed by atoms with Crippen molar-refractivity contribution in [2.24, 2.45) is 5.73 Å². The van der Waals surface area contributed by atoms with Gasteiger partial charge in [0.15, 0.2) is 0 Å². The first-order valence-electron chi connectivity index (χ1n) is 11.1. The summed E-state index contributed by atoms with van der Waals surface area (Å²) in [6.07, 6.45) is 10.5. The molecule has 0 aromatic carbocycles. The van der Waals surface area contributed by atoms with Crippen molar-refractivity contribution in [1.29, 1.82) is 0 Å². The van der Waals surface area contributed by atoms with Crippen molar-refractivity contribution in [2.45, 2.75) is 87.6 Å². The molecule has 1 amide bonds. The van der Waals surface area contributed by atoms with E-state index in [9.17, 15) is 4.79 Å². The maximum absolute atomic E-state index is 13.2. The van der Waals surface area contributed by atoms with Gasteiger partial charge in [-0.2, -0.15) is 4.98 Å². The molecule has 1 aromatic rings. The third-order valence-electron chi connectivity index (χ3n) is 6.73. The van der Waals surface area contributed by atoms with Crippen LogP contribution in [0.15, 0.2) is 6.20 Å².